The monoisotopic (exact) mass is 370 g/mol. The van der Waals surface area contributed by atoms with E-state index in [9.17, 15) is 19.4 Å². The lowest BCUT2D eigenvalue weighted by Gasteiger charge is -2.16. The van der Waals surface area contributed by atoms with E-state index in [0.29, 0.717) is 24.8 Å². The third-order valence-electron chi connectivity index (χ3n) is 5.12. The zero-order valence-corrected chi connectivity index (χ0v) is 16.0. The Labute approximate surface area is 156 Å². The summed E-state index contributed by atoms with van der Waals surface area (Å²) in [4.78, 5) is 10.5. The summed E-state index contributed by atoms with van der Waals surface area (Å²) >= 11 is 0. The normalized spacial score (nSPS) is 21.7. The van der Waals surface area contributed by atoms with E-state index in [2.05, 4.69) is 6.92 Å². The molecule has 1 aliphatic rings. The molecule has 0 fully saturated rings. The maximum absolute atomic E-state index is 13.3. The van der Waals surface area contributed by atoms with Crippen LogP contribution < -0.4 is 0 Å². The quantitative estimate of drug-likeness (QED) is 0.309. The van der Waals surface area contributed by atoms with Gasteiger partial charge in [0.25, 0.3) is 0 Å². The number of aliphatic carboxylic acids is 1. The van der Waals surface area contributed by atoms with E-state index in [4.69, 9.17) is 5.11 Å². The van der Waals surface area contributed by atoms with Crippen LogP contribution in [0.25, 0.3) is 0 Å². The van der Waals surface area contributed by atoms with Crippen molar-refractivity contribution in [2.24, 2.45) is 5.92 Å². The van der Waals surface area contributed by atoms with Gasteiger partial charge in [0.1, 0.15) is 6.67 Å². The fourth-order valence-corrected chi connectivity index (χ4v) is 3.60. The van der Waals surface area contributed by atoms with Crippen LogP contribution in [0.3, 0.4) is 0 Å². The highest BCUT2D eigenvalue weighted by molar-refractivity contribution is 5.66. The molecule has 0 radical (unpaired) electrons. The smallest absolute Gasteiger partial charge is 0.303 e. The molecule has 0 spiro atoms. The third-order valence-corrected chi connectivity index (χ3v) is 5.12. The van der Waals surface area contributed by atoms with Crippen molar-refractivity contribution in [1.29, 1.82) is 0 Å². The Morgan fingerprint density at radius 3 is 2.62 bits per heavy atom. The molecule has 26 heavy (non-hydrogen) atoms. The predicted octanol–water partition coefficient (Wildman–Crippen LogP) is 4.56. The molecule has 0 saturated carbocycles. The van der Waals surface area contributed by atoms with Crippen LogP contribution in [0.5, 0.6) is 0 Å². The average Bonchev–Trinajstić information content (AvgIpc) is 2.91. The number of carbonyl (C=O) groups is 1. The van der Waals surface area contributed by atoms with Gasteiger partial charge in [-0.05, 0) is 37.7 Å². The van der Waals surface area contributed by atoms with Crippen molar-refractivity contribution in [3.8, 4) is 0 Å². The van der Waals surface area contributed by atoms with E-state index in [1.54, 1.807) is 6.08 Å². The molecule has 0 unspecified atom stereocenters. The highest BCUT2D eigenvalue weighted by Gasteiger charge is 2.31. The van der Waals surface area contributed by atoms with Crippen molar-refractivity contribution in [2.75, 3.05) is 6.67 Å². The van der Waals surface area contributed by atoms with E-state index < -0.39 is 24.9 Å². The van der Waals surface area contributed by atoms with Gasteiger partial charge in [-0.3, -0.25) is 4.79 Å². The van der Waals surface area contributed by atoms with Crippen molar-refractivity contribution in [1.82, 2.24) is 0 Å². The van der Waals surface area contributed by atoms with Gasteiger partial charge in [-0.25, -0.2) is 4.39 Å². The van der Waals surface area contributed by atoms with Gasteiger partial charge < -0.3 is 15.3 Å². The summed E-state index contributed by atoms with van der Waals surface area (Å²) < 4.78 is 13.3. The van der Waals surface area contributed by atoms with Crippen molar-refractivity contribution >= 4 is 5.97 Å². The largest absolute Gasteiger partial charge is 0.481 e. The minimum Gasteiger partial charge on any atom is -0.481 e. The molecule has 0 bridgehead atoms. The predicted molar refractivity (Wildman–Crippen MR) is 102 cm³/mol. The minimum atomic E-state index is -0.769. The van der Waals surface area contributed by atoms with E-state index in [1.165, 1.54) is 0 Å². The Morgan fingerprint density at radius 2 is 1.96 bits per heavy atom. The molecular weight excluding hydrogens is 335 g/mol. The Hall–Kier alpha value is -1.20. The van der Waals surface area contributed by atoms with Crippen LogP contribution >= 0.6 is 0 Å². The van der Waals surface area contributed by atoms with Gasteiger partial charge in [-0.2, -0.15) is 0 Å². The number of aliphatic hydroxyl groups is 2. The molecule has 3 N–H and O–H groups in total. The van der Waals surface area contributed by atoms with Gasteiger partial charge in [0.2, 0.25) is 0 Å². The van der Waals surface area contributed by atoms with Gasteiger partial charge in [-0.1, -0.05) is 56.8 Å². The van der Waals surface area contributed by atoms with Crippen LogP contribution in [0, 0.1) is 5.92 Å². The first-order valence-corrected chi connectivity index (χ1v) is 10.0. The lowest BCUT2D eigenvalue weighted by Crippen LogP contribution is -2.15. The fourth-order valence-electron chi connectivity index (χ4n) is 3.60. The average molecular weight is 371 g/mol. The number of carboxylic acids is 1. The summed E-state index contributed by atoms with van der Waals surface area (Å²) in [6.07, 6.45) is 10.9. The summed E-state index contributed by atoms with van der Waals surface area (Å²) in [7, 11) is 0. The number of hydrogen-bond donors (Lipinski definition) is 3. The van der Waals surface area contributed by atoms with Crippen LogP contribution in [0.15, 0.2) is 23.3 Å². The first-order chi connectivity index (χ1) is 12.5. The molecule has 0 aromatic carbocycles. The molecule has 3 atom stereocenters. The number of aliphatic hydroxyl groups excluding tert-OH is 2. The van der Waals surface area contributed by atoms with Crippen LogP contribution in [0.1, 0.15) is 77.6 Å². The summed E-state index contributed by atoms with van der Waals surface area (Å²) in [6.45, 7) is 1.59. The Balaban J connectivity index is 2.51. The van der Waals surface area contributed by atoms with Crippen LogP contribution in [0.4, 0.5) is 4.39 Å². The number of carboxylic acid groups (broad SMARTS) is 1. The Kier molecular flexibility index (Phi) is 11.5. The molecule has 5 heteroatoms. The standard InChI is InChI=1S/C21H35FO4/c1-2-3-6-9-17(23)12-13-19-18(16(15-22)14-20(19)24)10-7-4-5-8-11-21(25)26/h12-13,17,19-20,23-24H,2-11,14-15H2,1H3,(H,25,26)/b13-12+/t17-,19+,20+/m0/s1. The zero-order valence-electron chi connectivity index (χ0n) is 16.0. The van der Waals surface area contributed by atoms with Crippen LogP contribution in [-0.2, 0) is 4.79 Å². The van der Waals surface area contributed by atoms with Gasteiger partial charge in [0, 0.05) is 12.3 Å². The zero-order chi connectivity index (χ0) is 19.4. The molecule has 0 heterocycles. The summed E-state index contributed by atoms with van der Waals surface area (Å²) in [5.74, 6) is -0.977. The van der Waals surface area contributed by atoms with Gasteiger partial charge in [0.15, 0.2) is 0 Å². The number of rotatable bonds is 14. The maximum Gasteiger partial charge on any atom is 0.303 e. The third kappa shape index (κ3) is 8.45. The Bertz CT molecular complexity index is 473. The molecule has 150 valence electrons. The van der Waals surface area contributed by atoms with E-state index in [-0.39, 0.29) is 12.3 Å². The van der Waals surface area contributed by atoms with E-state index >= 15 is 0 Å². The van der Waals surface area contributed by atoms with Crippen LogP contribution in [-0.4, -0.2) is 40.2 Å². The molecule has 0 aromatic heterocycles. The first kappa shape index (κ1) is 22.8. The SMILES string of the molecule is CCCCC[C@H](O)/C=C/[C@@H]1C(CCCCCCC(=O)O)=C(CF)C[C@H]1O. The molecule has 0 amide bonds. The van der Waals surface area contributed by atoms with Crippen LogP contribution in [0.2, 0.25) is 0 Å². The van der Waals surface area contributed by atoms with Crippen molar-refractivity contribution in [3.63, 3.8) is 0 Å². The summed E-state index contributed by atoms with van der Waals surface area (Å²) in [5, 5.41) is 29.0. The minimum absolute atomic E-state index is 0.193. The molecular formula is C21H35FO4. The summed E-state index contributed by atoms with van der Waals surface area (Å²) in [5.41, 5.74) is 1.66. The van der Waals surface area contributed by atoms with E-state index in [0.717, 1.165) is 50.5 Å². The van der Waals surface area contributed by atoms with Gasteiger partial charge in [-0.15, -0.1) is 0 Å². The second kappa shape index (κ2) is 13.0. The number of unbranched alkanes of at least 4 members (excludes halogenated alkanes) is 5. The molecule has 0 aliphatic heterocycles. The fraction of sp³-hybridized carbons (Fsp3) is 0.762. The lowest BCUT2D eigenvalue weighted by molar-refractivity contribution is -0.137. The van der Waals surface area contributed by atoms with Crippen molar-refractivity contribution in [2.45, 2.75) is 89.8 Å². The first-order valence-electron chi connectivity index (χ1n) is 10.0. The second-order valence-corrected chi connectivity index (χ2v) is 7.32. The highest BCUT2D eigenvalue weighted by atomic mass is 19.1. The number of hydrogen-bond acceptors (Lipinski definition) is 3. The number of alkyl halides is 1. The van der Waals surface area contributed by atoms with Gasteiger partial charge >= 0.3 is 5.97 Å². The number of halogens is 1. The topological polar surface area (TPSA) is 77.8 Å². The summed E-state index contributed by atoms with van der Waals surface area (Å²) in [6, 6.07) is 0. The lowest BCUT2D eigenvalue weighted by atomic mass is 9.92. The molecule has 1 rings (SSSR count). The van der Waals surface area contributed by atoms with E-state index in [1.807, 2.05) is 6.08 Å². The molecule has 1 aliphatic carbocycles. The van der Waals surface area contributed by atoms with Gasteiger partial charge in [0.05, 0.1) is 12.2 Å². The molecule has 4 nitrogen and oxygen atoms in total. The van der Waals surface area contributed by atoms with Crippen molar-refractivity contribution < 1.29 is 24.5 Å². The van der Waals surface area contributed by atoms with Crippen molar-refractivity contribution in [3.05, 3.63) is 23.3 Å². The highest BCUT2D eigenvalue weighted by Crippen LogP contribution is 2.37. The molecule has 0 saturated heterocycles. The maximum atomic E-state index is 13.3. The Morgan fingerprint density at radius 1 is 1.23 bits per heavy atom. The molecule has 0 aromatic rings. The second-order valence-electron chi connectivity index (χ2n) is 7.32.